The van der Waals surface area contributed by atoms with E-state index in [2.05, 4.69) is 23.2 Å². The average molecular weight is 355 g/mol. The van der Waals surface area contributed by atoms with Crippen LogP contribution in [0.1, 0.15) is 19.8 Å². The van der Waals surface area contributed by atoms with E-state index in [-0.39, 0.29) is 18.1 Å². The van der Waals surface area contributed by atoms with Crippen LogP contribution in [0, 0.1) is 0 Å². The van der Waals surface area contributed by atoms with Crippen molar-refractivity contribution in [3.63, 3.8) is 0 Å². The topological polar surface area (TPSA) is 30.5 Å². The largest absolute Gasteiger partial charge is 0.573 e. The Hall–Kier alpha value is -2.21. The molecule has 0 spiro atoms. The maximum absolute atomic E-state index is 12.3. The smallest absolute Gasteiger partial charge is 0.488 e. The van der Waals surface area contributed by atoms with Gasteiger partial charge in [-0.05, 0) is 37.1 Å². The first-order valence-electron chi connectivity index (χ1n) is 8.04. The number of ether oxygens (including phenoxy) is 2. The Morgan fingerprint density at radius 3 is 2.48 bits per heavy atom. The van der Waals surface area contributed by atoms with Crippen molar-refractivity contribution in [3.8, 4) is 11.5 Å². The van der Waals surface area contributed by atoms with Gasteiger partial charge in [-0.25, -0.2) is 0 Å². The number of halogens is 3. The summed E-state index contributed by atoms with van der Waals surface area (Å²) in [6.45, 7) is 11.2. The van der Waals surface area contributed by atoms with E-state index in [9.17, 15) is 13.2 Å². The molecule has 6 heteroatoms. The lowest BCUT2D eigenvalue weighted by Crippen LogP contribution is -2.23. The van der Waals surface area contributed by atoms with Gasteiger partial charge in [0.2, 0.25) is 0 Å². The highest BCUT2D eigenvalue weighted by Crippen LogP contribution is 2.31. The minimum Gasteiger partial charge on any atom is -0.488 e. The summed E-state index contributed by atoms with van der Waals surface area (Å²) < 4.78 is 46.3. The molecule has 0 heterocycles. The number of allylic oxidation sites excluding steroid dienone is 3. The maximum atomic E-state index is 12.3. The van der Waals surface area contributed by atoms with Gasteiger partial charge in [-0.2, -0.15) is 0 Å². The third kappa shape index (κ3) is 9.00. The fourth-order valence-corrected chi connectivity index (χ4v) is 1.97. The van der Waals surface area contributed by atoms with Gasteiger partial charge >= 0.3 is 6.36 Å². The molecule has 0 aliphatic rings. The summed E-state index contributed by atoms with van der Waals surface area (Å²) in [7, 11) is 0. The molecule has 0 aliphatic carbocycles. The molecule has 0 fully saturated rings. The highest BCUT2D eigenvalue weighted by molar-refractivity contribution is 5.39. The molecule has 0 atom stereocenters. The van der Waals surface area contributed by atoms with Gasteiger partial charge in [-0.3, -0.25) is 0 Å². The summed E-state index contributed by atoms with van der Waals surface area (Å²) in [5.74, 6) is -0.280. The SMILES string of the molecule is C=C/C(=C\C(=C)CC)CCNCCOc1ccccc1OC(F)(F)F. The van der Waals surface area contributed by atoms with Crippen molar-refractivity contribution in [2.45, 2.75) is 26.1 Å². The molecule has 0 unspecified atom stereocenters. The summed E-state index contributed by atoms with van der Waals surface area (Å²) in [4.78, 5) is 0. The molecule has 1 N–H and O–H groups in total. The first-order valence-corrected chi connectivity index (χ1v) is 8.04. The highest BCUT2D eigenvalue weighted by atomic mass is 19.4. The van der Waals surface area contributed by atoms with Crippen molar-refractivity contribution in [1.29, 1.82) is 0 Å². The Kier molecular flexibility index (Phi) is 8.84. The van der Waals surface area contributed by atoms with Gasteiger partial charge in [-0.15, -0.1) is 13.2 Å². The minimum atomic E-state index is -4.74. The summed E-state index contributed by atoms with van der Waals surface area (Å²) in [5, 5.41) is 3.17. The number of nitrogens with one attached hydrogen (secondary N) is 1. The van der Waals surface area contributed by atoms with Gasteiger partial charge in [0, 0.05) is 6.54 Å². The summed E-state index contributed by atoms with van der Waals surface area (Å²) in [6, 6.07) is 5.71. The second kappa shape index (κ2) is 10.6. The highest BCUT2D eigenvalue weighted by Gasteiger charge is 2.32. The molecule has 3 nitrogen and oxygen atoms in total. The molecular formula is C19H24F3NO2. The average Bonchev–Trinajstić information content (AvgIpc) is 2.56. The third-order valence-corrected chi connectivity index (χ3v) is 3.31. The lowest BCUT2D eigenvalue weighted by atomic mass is 10.1. The molecule has 0 bridgehead atoms. The van der Waals surface area contributed by atoms with E-state index in [1.807, 2.05) is 13.0 Å². The van der Waals surface area contributed by atoms with Crippen molar-refractivity contribution in [1.82, 2.24) is 5.32 Å². The zero-order valence-electron chi connectivity index (χ0n) is 14.4. The van der Waals surface area contributed by atoms with E-state index < -0.39 is 6.36 Å². The monoisotopic (exact) mass is 355 g/mol. The molecule has 1 rings (SSSR count). The normalized spacial score (nSPS) is 11.9. The third-order valence-electron chi connectivity index (χ3n) is 3.31. The van der Waals surface area contributed by atoms with Gasteiger partial charge in [0.15, 0.2) is 11.5 Å². The van der Waals surface area contributed by atoms with Crippen LogP contribution in [0.25, 0.3) is 0 Å². The first kappa shape index (κ1) is 20.8. The number of hydrogen-bond acceptors (Lipinski definition) is 3. The molecule has 0 saturated carbocycles. The molecule has 138 valence electrons. The molecule has 1 aromatic carbocycles. The van der Waals surface area contributed by atoms with Crippen molar-refractivity contribution in [3.05, 3.63) is 60.7 Å². The fourth-order valence-electron chi connectivity index (χ4n) is 1.97. The van der Waals surface area contributed by atoms with Crippen LogP contribution in [-0.4, -0.2) is 26.1 Å². The first-order chi connectivity index (χ1) is 11.9. The number of benzene rings is 1. The minimum absolute atomic E-state index is 0.0625. The van der Waals surface area contributed by atoms with E-state index in [0.717, 1.165) is 24.0 Å². The van der Waals surface area contributed by atoms with E-state index in [1.165, 1.54) is 18.2 Å². The molecule has 0 amide bonds. The van der Waals surface area contributed by atoms with Gasteiger partial charge in [0.1, 0.15) is 6.61 Å². The van der Waals surface area contributed by atoms with Crippen LogP contribution in [-0.2, 0) is 0 Å². The van der Waals surface area contributed by atoms with Crippen molar-refractivity contribution < 1.29 is 22.6 Å². The predicted octanol–water partition coefficient (Wildman–Crippen LogP) is 5.02. The van der Waals surface area contributed by atoms with Gasteiger partial charge in [0.05, 0.1) is 0 Å². The Morgan fingerprint density at radius 1 is 1.20 bits per heavy atom. The van der Waals surface area contributed by atoms with Crippen molar-refractivity contribution in [2.24, 2.45) is 0 Å². The Labute approximate surface area is 146 Å². The van der Waals surface area contributed by atoms with Crippen LogP contribution >= 0.6 is 0 Å². The molecule has 0 aliphatic heterocycles. The van der Waals surface area contributed by atoms with Crippen LogP contribution in [0.4, 0.5) is 13.2 Å². The molecule has 1 aromatic rings. The predicted molar refractivity (Wildman–Crippen MR) is 93.8 cm³/mol. The zero-order chi connectivity index (χ0) is 18.7. The second-order valence-electron chi connectivity index (χ2n) is 5.28. The second-order valence-corrected chi connectivity index (χ2v) is 5.28. The van der Waals surface area contributed by atoms with Crippen LogP contribution in [0.2, 0.25) is 0 Å². The Morgan fingerprint density at radius 2 is 1.88 bits per heavy atom. The van der Waals surface area contributed by atoms with Crippen LogP contribution in [0.5, 0.6) is 11.5 Å². The molecule has 0 radical (unpaired) electrons. The van der Waals surface area contributed by atoms with E-state index >= 15 is 0 Å². The summed E-state index contributed by atoms with van der Waals surface area (Å²) in [6.07, 6.45) is 0.738. The lowest BCUT2D eigenvalue weighted by Gasteiger charge is -2.14. The number of hydrogen-bond donors (Lipinski definition) is 1. The van der Waals surface area contributed by atoms with E-state index in [1.54, 1.807) is 12.1 Å². The summed E-state index contributed by atoms with van der Waals surface area (Å²) >= 11 is 0. The maximum Gasteiger partial charge on any atom is 0.573 e. The standard InChI is InChI=1S/C19H24F3NO2/c1-4-15(3)14-16(5-2)10-11-23-12-13-24-17-8-6-7-9-18(17)25-19(20,21)22/h5-9,14,23H,2-4,10-13H2,1H3/b16-14+. The van der Waals surface area contributed by atoms with Gasteiger partial charge in [-0.1, -0.05) is 49.9 Å². The van der Waals surface area contributed by atoms with Gasteiger partial charge in [0.25, 0.3) is 0 Å². The molecule has 25 heavy (non-hydrogen) atoms. The number of rotatable bonds is 11. The fraction of sp³-hybridized carbons (Fsp3) is 0.368. The van der Waals surface area contributed by atoms with Gasteiger partial charge < -0.3 is 14.8 Å². The Bertz CT molecular complexity index is 595. The molecule has 0 aromatic heterocycles. The lowest BCUT2D eigenvalue weighted by molar-refractivity contribution is -0.275. The van der Waals surface area contributed by atoms with Crippen molar-refractivity contribution in [2.75, 3.05) is 19.7 Å². The summed E-state index contributed by atoms with van der Waals surface area (Å²) in [5.41, 5.74) is 2.13. The molecule has 0 saturated heterocycles. The quantitative estimate of drug-likeness (QED) is 0.446. The van der Waals surface area contributed by atoms with Crippen LogP contribution in [0.15, 0.2) is 60.7 Å². The van der Waals surface area contributed by atoms with E-state index in [0.29, 0.717) is 13.1 Å². The molecular weight excluding hydrogens is 331 g/mol. The van der Waals surface area contributed by atoms with Crippen molar-refractivity contribution >= 4 is 0 Å². The van der Waals surface area contributed by atoms with Crippen LogP contribution < -0.4 is 14.8 Å². The number of para-hydroxylation sites is 2. The van der Waals surface area contributed by atoms with Crippen LogP contribution in [0.3, 0.4) is 0 Å². The Balaban J connectivity index is 2.36. The number of alkyl halides is 3. The zero-order valence-corrected chi connectivity index (χ0v) is 14.4. The van der Waals surface area contributed by atoms with E-state index in [4.69, 9.17) is 4.74 Å².